The molecule has 1 rings (SSSR count). The van der Waals surface area contributed by atoms with E-state index in [9.17, 15) is 4.79 Å². The maximum Gasteiger partial charge on any atom is 0.165 e. The zero-order valence-corrected chi connectivity index (χ0v) is 11.3. The van der Waals surface area contributed by atoms with E-state index in [2.05, 4.69) is 6.92 Å². The molecule has 0 spiro atoms. The second-order valence-electron chi connectivity index (χ2n) is 4.57. The van der Waals surface area contributed by atoms with Crippen molar-refractivity contribution in [1.29, 1.82) is 0 Å². The van der Waals surface area contributed by atoms with Crippen molar-refractivity contribution < 1.29 is 9.53 Å². The topological polar surface area (TPSA) is 52.3 Å². The van der Waals surface area contributed by atoms with Crippen molar-refractivity contribution >= 4 is 5.78 Å². The Bertz CT molecular complexity index is 359. The molecule has 0 aliphatic heterocycles. The number of ether oxygens (including phenoxy) is 1. The van der Waals surface area contributed by atoms with Gasteiger partial charge in [0.25, 0.3) is 0 Å². The van der Waals surface area contributed by atoms with Gasteiger partial charge < -0.3 is 10.5 Å². The summed E-state index contributed by atoms with van der Waals surface area (Å²) in [6.07, 6.45) is 2.73. The van der Waals surface area contributed by atoms with E-state index in [0.29, 0.717) is 13.2 Å². The molecule has 18 heavy (non-hydrogen) atoms. The van der Waals surface area contributed by atoms with E-state index in [1.165, 1.54) is 0 Å². The van der Waals surface area contributed by atoms with Crippen LogP contribution in [0.4, 0.5) is 0 Å². The van der Waals surface area contributed by atoms with Gasteiger partial charge in [-0.05, 0) is 50.1 Å². The smallest absolute Gasteiger partial charge is 0.165 e. The highest BCUT2D eigenvalue weighted by Gasteiger charge is 2.14. The third-order valence-corrected chi connectivity index (χ3v) is 2.90. The molecule has 0 radical (unpaired) electrons. The van der Waals surface area contributed by atoms with Crippen LogP contribution >= 0.6 is 0 Å². The average molecular weight is 249 g/mol. The lowest BCUT2D eigenvalue weighted by Crippen LogP contribution is -2.13. The van der Waals surface area contributed by atoms with Gasteiger partial charge >= 0.3 is 0 Å². The Labute approximate surface area is 109 Å². The zero-order valence-electron chi connectivity index (χ0n) is 11.3. The van der Waals surface area contributed by atoms with E-state index >= 15 is 0 Å². The summed E-state index contributed by atoms with van der Waals surface area (Å²) in [7, 11) is 0. The Morgan fingerprint density at radius 1 is 1.33 bits per heavy atom. The van der Waals surface area contributed by atoms with E-state index in [4.69, 9.17) is 10.5 Å². The lowest BCUT2D eigenvalue weighted by molar-refractivity contribution is 0.0923. The molecule has 1 aromatic carbocycles. The number of rotatable bonds is 8. The molecule has 100 valence electrons. The van der Waals surface area contributed by atoms with E-state index in [1.807, 2.05) is 31.2 Å². The Kier molecular flexibility index (Phi) is 6.44. The van der Waals surface area contributed by atoms with Gasteiger partial charge in [0.2, 0.25) is 0 Å². The minimum atomic E-state index is 0.0379. The van der Waals surface area contributed by atoms with Crippen molar-refractivity contribution in [2.45, 2.75) is 33.1 Å². The van der Waals surface area contributed by atoms with E-state index in [0.717, 1.165) is 30.6 Å². The summed E-state index contributed by atoms with van der Waals surface area (Å²) in [6, 6.07) is 7.40. The quantitative estimate of drug-likeness (QED) is 0.720. The molecule has 0 fully saturated rings. The maximum atomic E-state index is 12.1. The monoisotopic (exact) mass is 249 g/mol. The van der Waals surface area contributed by atoms with Crippen LogP contribution in [0.5, 0.6) is 5.75 Å². The molecule has 0 aliphatic carbocycles. The maximum absolute atomic E-state index is 12.1. The molecule has 0 bridgehead atoms. The summed E-state index contributed by atoms with van der Waals surface area (Å²) < 4.78 is 5.49. The predicted molar refractivity (Wildman–Crippen MR) is 74.0 cm³/mol. The van der Waals surface area contributed by atoms with Gasteiger partial charge in [-0.3, -0.25) is 4.79 Å². The zero-order chi connectivity index (χ0) is 13.4. The van der Waals surface area contributed by atoms with Crippen molar-refractivity contribution in [3.8, 4) is 5.75 Å². The van der Waals surface area contributed by atoms with Crippen molar-refractivity contribution in [2.75, 3.05) is 13.2 Å². The molecule has 0 amide bonds. The minimum absolute atomic E-state index is 0.0379. The molecule has 0 aliphatic rings. The Hall–Kier alpha value is -1.35. The lowest BCUT2D eigenvalue weighted by atomic mass is 9.95. The molecule has 0 aromatic heterocycles. The van der Waals surface area contributed by atoms with E-state index in [-0.39, 0.29) is 11.7 Å². The van der Waals surface area contributed by atoms with Crippen LogP contribution in [0, 0.1) is 5.92 Å². The SMILES string of the molecule is CCCOc1ccc(C(=O)C(C)CCCN)cc1. The van der Waals surface area contributed by atoms with Crippen LogP contribution < -0.4 is 10.5 Å². The number of nitrogens with two attached hydrogens (primary N) is 1. The molecule has 3 heteroatoms. The molecular formula is C15H23NO2. The van der Waals surface area contributed by atoms with Gasteiger partial charge in [0.15, 0.2) is 5.78 Å². The molecule has 1 aromatic rings. The second kappa shape index (κ2) is 7.88. The number of ketones is 1. The summed E-state index contributed by atoms with van der Waals surface area (Å²) >= 11 is 0. The van der Waals surface area contributed by atoms with E-state index in [1.54, 1.807) is 0 Å². The first-order chi connectivity index (χ1) is 8.69. The van der Waals surface area contributed by atoms with Crippen molar-refractivity contribution in [1.82, 2.24) is 0 Å². The minimum Gasteiger partial charge on any atom is -0.494 e. The molecule has 0 saturated carbocycles. The van der Waals surface area contributed by atoms with Crippen molar-refractivity contribution in [3.05, 3.63) is 29.8 Å². The molecule has 1 atom stereocenters. The van der Waals surface area contributed by atoms with Gasteiger partial charge in [-0.1, -0.05) is 13.8 Å². The standard InChI is InChI=1S/C15H23NO2/c1-3-11-18-14-8-6-13(7-9-14)15(17)12(2)5-4-10-16/h6-9,12H,3-5,10-11,16H2,1-2H3. The van der Waals surface area contributed by atoms with Gasteiger partial charge in [-0.15, -0.1) is 0 Å². The van der Waals surface area contributed by atoms with Crippen LogP contribution in [-0.4, -0.2) is 18.9 Å². The molecular weight excluding hydrogens is 226 g/mol. The summed E-state index contributed by atoms with van der Waals surface area (Å²) in [5, 5.41) is 0. The number of hydrogen-bond donors (Lipinski definition) is 1. The van der Waals surface area contributed by atoms with Crippen LogP contribution in [0.2, 0.25) is 0 Å². The van der Waals surface area contributed by atoms with Gasteiger partial charge in [-0.2, -0.15) is 0 Å². The van der Waals surface area contributed by atoms with Crippen LogP contribution in [0.3, 0.4) is 0 Å². The van der Waals surface area contributed by atoms with E-state index < -0.39 is 0 Å². The number of hydrogen-bond acceptors (Lipinski definition) is 3. The summed E-state index contributed by atoms with van der Waals surface area (Å²) in [5.41, 5.74) is 6.21. The first-order valence-corrected chi connectivity index (χ1v) is 6.66. The normalized spacial score (nSPS) is 12.2. The van der Waals surface area contributed by atoms with Crippen LogP contribution in [0.15, 0.2) is 24.3 Å². The van der Waals surface area contributed by atoms with Crippen molar-refractivity contribution in [3.63, 3.8) is 0 Å². The molecule has 2 N–H and O–H groups in total. The molecule has 3 nitrogen and oxygen atoms in total. The number of carbonyl (C=O) groups is 1. The molecule has 0 saturated heterocycles. The number of carbonyl (C=O) groups excluding carboxylic acids is 1. The third kappa shape index (κ3) is 4.49. The summed E-state index contributed by atoms with van der Waals surface area (Å²) in [4.78, 5) is 12.1. The average Bonchev–Trinajstić information content (AvgIpc) is 2.42. The number of benzene rings is 1. The lowest BCUT2D eigenvalue weighted by Gasteiger charge is -2.10. The number of Topliss-reactive ketones (excluding diaryl/α,β-unsaturated/α-hetero) is 1. The van der Waals surface area contributed by atoms with Gasteiger partial charge in [0.05, 0.1) is 6.61 Å². The van der Waals surface area contributed by atoms with Gasteiger partial charge in [0.1, 0.15) is 5.75 Å². The van der Waals surface area contributed by atoms with Crippen LogP contribution in [0.25, 0.3) is 0 Å². The summed E-state index contributed by atoms with van der Waals surface area (Å²) in [6.45, 7) is 5.37. The fourth-order valence-corrected chi connectivity index (χ4v) is 1.77. The Morgan fingerprint density at radius 3 is 2.56 bits per heavy atom. The highest BCUT2D eigenvalue weighted by molar-refractivity contribution is 5.97. The largest absolute Gasteiger partial charge is 0.494 e. The first kappa shape index (κ1) is 14.7. The van der Waals surface area contributed by atoms with Crippen LogP contribution in [0.1, 0.15) is 43.5 Å². The predicted octanol–water partition coefficient (Wildman–Crippen LogP) is 3.03. The summed E-state index contributed by atoms with van der Waals surface area (Å²) in [5.74, 6) is 1.05. The third-order valence-electron chi connectivity index (χ3n) is 2.90. The van der Waals surface area contributed by atoms with Gasteiger partial charge in [0, 0.05) is 11.5 Å². The second-order valence-corrected chi connectivity index (χ2v) is 4.57. The highest BCUT2D eigenvalue weighted by atomic mass is 16.5. The Balaban J connectivity index is 2.58. The highest BCUT2D eigenvalue weighted by Crippen LogP contribution is 2.17. The van der Waals surface area contributed by atoms with Crippen molar-refractivity contribution in [2.24, 2.45) is 11.7 Å². The first-order valence-electron chi connectivity index (χ1n) is 6.66. The fourth-order valence-electron chi connectivity index (χ4n) is 1.77. The Morgan fingerprint density at radius 2 is 2.00 bits per heavy atom. The van der Waals surface area contributed by atoms with Crippen LogP contribution in [-0.2, 0) is 0 Å². The molecule has 0 heterocycles. The fraction of sp³-hybridized carbons (Fsp3) is 0.533. The van der Waals surface area contributed by atoms with Gasteiger partial charge in [-0.25, -0.2) is 0 Å². The molecule has 1 unspecified atom stereocenters.